The second-order valence-corrected chi connectivity index (χ2v) is 7.03. The number of nitrogens with one attached hydrogen (secondary N) is 1. The third-order valence-corrected chi connectivity index (χ3v) is 5.12. The highest BCUT2D eigenvalue weighted by molar-refractivity contribution is 5.97. The molecule has 2 aromatic heterocycles. The molecule has 1 N–H and O–H groups in total. The lowest BCUT2D eigenvalue weighted by atomic mass is 10.0. The van der Waals surface area contributed by atoms with E-state index >= 15 is 0 Å². The van der Waals surface area contributed by atoms with Crippen molar-refractivity contribution in [3.05, 3.63) is 45.0 Å². The van der Waals surface area contributed by atoms with Gasteiger partial charge in [0.2, 0.25) is 5.91 Å². The van der Waals surface area contributed by atoms with Gasteiger partial charge < -0.3 is 24.1 Å². The average molecular weight is 384 g/mol. The zero-order valence-electron chi connectivity index (χ0n) is 16.3. The number of fused-ring (bicyclic) bond motifs is 2. The molecule has 148 valence electrons. The molecule has 0 spiro atoms. The molecule has 0 aliphatic heterocycles. The Hall–Kier alpha value is -3.09. The van der Waals surface area contributed by atoms with Gasteiger partial charge in [-0.05, 0) is 44.4 Å². The molecule has 3 rings (SSSR count). The van der Waals surface area contributed by atoms with Crippen LogP contribution in [-0.2, 0) is 16.0 Å². The van der Waals surface area contributed by atoms with Crippen LogP contribution >= 0.6 is 0 Å². The summed E-state index contributed by atoms with van der Waals surface area (Å²) >= 11 is 0. The van der Waals surface area contributed by atoms with E-state index in [1.807, 2.05) is 26.8 Å². The van der Waals surface area contributed by atoms with Crippen molar-refractivity contribution in [2.75, 3.05) is 0 Å². The molecule has 1 atom stereocenters. The monoisotopic (exact) mass is 384 g/mol. The Morgan fingerprint density at radius 1 is 1.07 bits per heavy atom. The lowest BCUT2D eigenvalue weighted by Crippen LogP contribution is -2.48. The van der Waals surface area contributed by atoms with Crippen LogP contribution in [0.3, 0.4) is 0 Å². The number of rotatable bonds is 6. The van der Waals surface area contributed by atoms with E-state index in [0.717, 1.165) is 16.7 Å². The number of hydrogen-bond donors (Lipinski definition) is 1. The number of amides is 1. The van der Waals surface area contributed by atoms with E-state index in [1.54, 1.807) is 13.0 Å². The molecule has 2 heterocycles. The van der Waals surface area contributed by atoms with Crippen LogP contribution in [0.15, 0.2) is 25.8 Å². The topological polar surface area (TPSA) is 113 Å². The zero-order chi connectivity index (χ0) is 20.6. The number of carbonyl (C=O) groups is 2. The molecule has 1 aromatic carbocycles. The second kappa shape index (κ2) is 7.50. The van der Waals surface area contributed by atoms with E-state index < -0.39 is 23.5 Å². The van der Waals surface area contributed by atoms with Gasteiger partial charge in [0.1, 0.15) is 16.9 Å². The summed E-state index contributed by atoms with van der Waals surface area (Å²) in [4.78, 5) is 35.9. The van der Waals surface area contributed by atoms with Gasteiger partial charge in [-0.15, -0.1) is 0 Å². The van der Waals surface area contributed by atoms with Crippen molar-refractivity contribution in [3.8, 4) is 0 Å². The van der Waals surface area contributed by atoms with Gasteiger partial charge in [0, 0.05) is 16.8 Å². The van der Waals surface area contributed by atoms with Crippen LogP contribution in [0.1, 0.15) is 42.2 Å². The van der Waals surface area contributed by atoms with Crippen LogP contribution < -0.4 is 16.0 Å². The minimum atomic E-state index is -1.34. The van der Waals surface area contributed by atoms with Gasteiger partial charge in [0.25, 0.3) is 0 Å². The largest absolute Gasteiger partial charge is 0.548 e. The molecule has 0 aliphatic carbocycles. The summed E-state index contributed by atoms with van der Waals surface area (Å²) in [6.45, 7) is 7.37. The highest BCUT2D eigenvalue weighted by atomic mass is 16.4. The summed E-state index contributed by atoms with van der Waals surface area (Å²) in [5, 5.41) is 15.2. The molecule has 7 nitrogen and oxygen atoms in total. The fraction of sp³-hybridized carbons (Fsp3) is 0.381. The number of carboxylic acid groups (broad SMARTS) is 1. The molecular formula is C21H22NO6-. The minimum Gasteiger partial charge on any atom is -0.548 e. The fourth-order valence-corrected chi connectivity index (χ4v) is 3.37. The average Bonchev–Trinajstić information content (AvgIpc) is 2.90. The molecule has 1 amide bonds. The molecule has 3 aromatic rings. The van der Waals surface area contributed by atoms with Crippen molar-refractivity contribution in [2.45, 2.75) is 53.0 Å². The molecule has 28 heavy (non-hydrogen) atoms. The second-order valence-electron chi connectivity index (χ2n) is 7.03. The van der Waals surface area contributed by atoms with E-state index in [1.165, 1.54) is 0 Å². The highest BCUT2D eigenvalue weighted by Crippen LogP contribution is 2.30. The van der Waals surface area contributed by atoms with E-state index in [-0.39, 0.29) is 18.4 Å². The summed E-state index contributed by atoms with van der Waals surface area (Å²) in [6, 6.07) is 2.48. The first-order valence-electron chi connectivity index (χ1n) is 9.19. The number of benzene rings is 1. The Morgan fingerprint density at radius 2 is 1.71 bits per heavy atom. The highest BCUT2D eigenvalue weighted by Gasteiger charge is 2.19. The molecule has 0 unspecified atom stereocenters. The van der Waals surface area contributed by atoms with Gasteiger partial charge in [-0.25, -0.2) is 4.79 Å². The van der Waals surface area contributed by atoms with Crippen LogP contribution in [-0.4, -0.2) is 17.9 Å². The van der Waals surface area contributed by atoms with Gasteiger partial charge in [-0.1, -0.05) is 13.3 Å². The lowest BCUT2D eigenvalue weighted by Gasteiger charge is -2.19. The van der Waals surface area contributed by atoms with E-state index in [4.69, 9.17) is 8.83 Å². The number of carbonyl (C=O) groups excluding carboxylic acids is 2. The fourth-order valence-electron chi connectivity index (χ4n) is 3.37. The minimum absolute atomic E-state index is 0.204. The Labute approximate surface area is 161 Å². The number of aryl methyl sites for hydroxylation is 3. The molecule has 0 saturated carbocycles. The smallest absolute Gasteiger partial charge is 0.340 e. The van der Waals surface area contributed by atoms with Crippen molar-refractivity contribution in [1.82, 2.24) is 5.32 Å². The van der Waals surface area contributed by atoms with Crippen molar-refractivity contribution >= 4 is 33.8 Å². The first-order valence-corrected chi connectivity index (χ1v) is 9.19. The SMILES string of the molecule is CCC[C@@H](NC(=O)Cc1c(C)c2cc3c(C)c(C)oc3cc2oc1=O)C(=O)[O-]. The first-order chi connectivity index (χ1) is 13.2. The van der Waals surface area contributed by atoms with Gasteiger partial charge in [-0.2, -0.15) is 0 Å². The molecule has 0 saturated heterocycles. The number of carboxylic acids is 1. The van der Waals surface area contributed by atoms with E-state index in [0.29, 0.717) is 28.5 Å². The lowest BCUT2D eigenvalue weighted by molar-refractivity contribution is -0.308. The van der Waals surface area contributed by atoms with Gasteiger partial charge >= 0.3 is 5.63 Å². The molecule has 0 radical (unpaired) electrons. The number of hydrogen-bond acceptors (Lipinski definition) is 6. The van der Waals surface area contributed by atoms with Gasteiger partial charge in [0.15, 0.2) is 0 Å². The first kappa shape index (κ1) is 19.7. The van der Waals surface area contributed by atoms with Gasteiger partial charge in [-0.3, -0.25) is 4.79 Å². The van der Waals surface area contributed by atoms with Crippen LogP contribution in [0.2, 0.25) is 0 Å². The Bertz CT molecular complexity index is 1140. The maximum absolute atomic E-state index is 12.4. The van der Waals surface area contributed by atoms with E-state index in [9.17, 15) is 19.5 Å². The summed E-state index contributed by atoms with van der Waals surface area (Å²) in [5.74, 6) is -1.12. The normalized spacial score (nSPS) is 12.4. The quantitative estimate of drug-likeness (QED) is 0.651. The molecule has 0 bridgehead atoms. The Kier molecular flexibility index (Phi) is 5.27. The van der Waals surface area contributed by atoms with Crippen LogP contribution in [0, 0.1) is 20.8 Å². The van der Waals surface area contributed by atoms with Crippen LogP contribution in [0.25, 0.3) is 21.9 Å². The molecule has 0 fully saturated rings. The Morgan fingerprint density at radius 3 is 2.36 bits per heavy atom. The van der Waals surface area contributed by atoms with Crippen LogP contribution in [0.4, 0.5) is 0 Å². The summed E-state index contributed by atoms with van der Waals surface area (Å²) in [6.07, 6.45) is 0.574. The van der Waals surface area contributed by atoms with E-state index in [2.05, 4.69) is 5.32 Å². The summed E-state index contributed by atoms with van der Waals surface area (Å²) in [5.41, 5.74) is 2.22. The van der Waals surface area contributed by atoms with Crippen molar-refractivity contribution in [2.24, 2.45) is 0 Å². The third kappa shape index (κ3) is 3.52. The molecular weight excluding hydrogens is 362 g/mol. The predicted octanol–water partition coefficient (Wildman–Crippen LogP) is 2.04. The van der Waals surface area contributed by atoms with Gasteiger partial charge in [0.05, 0.1) is 24.0 Å². The summed E-state index contributed by atoms with van der Waals surface area (Å²) < 4.78 is 11.1. The summed E-state index contributed by atoms with van der Waals surface area (Å²) in [7, 11) is 0. The molecule has 7 heteroatoms. The van der Waals surface area contributed by atoms with Crippen LogP contribution in [0.5, 0.6) is 0 Å². The third-order valence-electron chi connectivity index (χ3n) is 5.12. The maximum Gasteiger partial charge on any atom is 0.340 e. The maximum atomic E-state index is 12.4. The van der Waals surface area contributed by atoms with Crippen molar-refractivity contribution in [1.29, 1.82) is 0 Å². The Balaban J connectivity index is 2.00. The predicted molar refractivity (Wildman–Crippen MR) is 102 cm³/mol. The standard InChI is InChI=1S/C21H23NO6/c1-5-6-16(20(24)25)22-19(23)8-15-11(3)14-7-13-10(2)12(4)27-17(13)9-18(14)28-21(15)26/h7,9,16H,5-6,8H2,1-4H3,(H,22,23)(H,24,25)/p-1/t16-/m1/s1. The number of furan rings is 1. The number of aliphatic carboxylic acids is 1. The zero-order valence-corrected chi connectivity index (χ0v) is 16.3. The van der Waals surface area contributed by atoms with Crippen molar-refractivity contribution in [3.63, 3.8) is 0 Å². The van der Waals surface area contributed by atoms with Crippen molar-refractivity contribution < 1.29 is 23.5 Å². The molecule has 0 aliphatic rings.